The van der Waals surface area contributed by atoms with Crippen molar-refractivity contribution in [2.75, 3.05) is 0 Å². The third-order valence-electron chi connectivity index (χ3n) is 3.18. The Morgan fingerprint density at radius 3 is 2.67 bits per heavy atom. The maximum Gasteiger partial charge on any atom is 0.111 e. The number of aryl methyl sites for hydroxylation is 1. The van der Waals surface area contributed by atoms with Crippen LogP contribution in [0.2, 0.25) is 0 Å². The first kappa shape index (κ1) is 12.8. The molecule has 0 saturated carbocycles. The molecule has 0 saturated heterocycles. The lowest BCUT2D eigenvalue weighted by Gasteiger charge is -2.17. The summed E-state index contributed by atoms with van der Waals surface area (Å²) in [6.07, 6.45) is 3.23. The smallest absolute Gasteiger partial charge is 0.111 e. The van der Waals surface area contributed by atoms with Gasteiger partial charge in [0.2, 0.25) is 0 Å². The summed E-state index contributed by atoms with van der Waals surface area (Å²) in [5, 5.41) is 10.3. The first-order chi connectivity index (χ1) is 8.59. The first-order valence-electron chi connectivity index (χ1n) is 6.34. The topological polar surface area (TPSA) is 38.0 Å². The molecular formula is C15H20N2O. The Morgan fingerprint density at radius 2 is 2.00 bits per heavy atom. The largest absolute Gasteiger partial charge is 0.387 e. The molecule has 0 aliphatic heterocycles. The zero-order valence-electron chi connectivity index (χ0n) is 11.2. The SMILES string of the molecule is Cc1ccccc1C(O)Cn1ccnc1C(C)C. The molecule has 1 unspecified atom stereocenters. The van der Waals surface area contributed by atoms with E-state index in [1.807, 2.05) is 42.0 Å². The molecule has 18 heavy (non-hydrogen) atoms. The molecule has 0 aliphatic rings. The first-order valence-corrected chi connectivity index (χ1v) is 6.34. The van der Waals surface area contributed by atoms with E-state index >= 15 is 0 Å². The summed E-state index contributed by atoms with van der Waals surface area (Å²) in [4.78, 5) is 4.34. The van der Waals surface area contributed by atoms with Crippen molar-refractivity contribution >= 4 is 0 Å². The van der Waals surface area contributed by atoms with E-state index < -0.39 is 6.10 Å². The summed E-state index contributed by atoms with van der Waals surface area (Å²) in [7, 11) is 0. The van der Waals surface area contributed by atoms with E-state index in [0.29, 0.717) is 12.5 Å². The van der Waals surface area contributed by atoms with Gasteiger partial charge in [-0.2, -0.15) is 0 Å². The van der Waals surface area contributed by atoms with Gasteiger partial charge in [-0.25, -0.2) is 4.98 Å². The highest BCUT2D eigenvalue weighted by molar-refractivity contribution is 5.27. The standard InChI is InChI=1S/C15H20N2O/c1-11(2)15-16-8-9-17(15)10-14(18)13-7-5-4-6-12(13)3/h4-9,11,14,18H,10H2,1-3H3. The molecule has 1 N–H and O–H groups in total. The van der Waals surface area contributed by atoms with E-state index in [9.17, 15) is 5.11 Å². The fraction of sp³-hybridized carbons (Fsp3) is 0.400. The minimum absolute atomic E-state index is 0.365. The van der Waals surface area contributed by atoms with E-state index in [-0.39, 0.29) is 0 Å². The van der Waals surface area contributed by atoms with Crippen LogP contribution in [0.25, 0.3) is 0 Å². The van der Waals surface area contributed by atoms with Crippen LogP contribution < -0.4 is 0 Å². The van der Waals surface area contributed by atoms with Crippen molar-refractivity contribution in [3.05, 3.63) is 53.6 Å². The molecular weight excluding hydrogens is 224 g/mol. The van der Waals surface area contributed by atoms with Crippen LogP contribution in [0.1, 0.15) is 42.8 Å². The third kappa shape index (κ3) is 2.62. The minimum atomic E-state index is -0.488. The van der Waals surface area contributed by atoms with Crippen molar-refractivity contribution in [1.82, 2.24) is 9.55 Å². The molecule has 1 atom stereocenters. The molecule has 3 nitrogen and oxygen atoms in total. The van der Waals surface area contributed by atoms with Crippen molar-refractivity contribution in [3.8, 4) is 0 Å². The zero-order valence-corrected chi connectivity index (χ0v) is 11.2. The summed E-state index contributed by atoms with van der Waals surface area (Å²) in [5.41, 5.74) is 2.11. The number of imidazole rings is 1. The van der Waals surface area contributed by atoms with Gasteiger partial charge in [0.1, 0.15) is 5.82 Å². The van der Waals surface area contributed by atoms with Gasteiger partial charge in [0.05, 0.1) is 12.6 Å². The fourth-order valence-corrected chi connectivity index (χ4v) is 2.22. The molecule has 0 fully saturated rings. The van der Waals surface area contributed by atoms with Crippen LogP contribution in [0.3, 0.4) is 0 Å². The van der Waals surface area contributed by atoms with Crippen molar-refractivity contribution in [2.45, 2.75) is 39.3 Å². The van der Waals surface area contributed by atoms with Gasteiger partial charge < -0.3 is 9.67 Å². The average molecular weight is 244 g/mol. The summed E-state index contributed by atoms with van der Waals surface area (Å²) < 4.78 is 2.03. The van der Waals surface area contributed by atoms with E-state index in [2.05, 4.69) is 18.8 Å². The van der Waals surface area contributed by atoms with Gasteiger partial charge in [-0.1, -0.05) is 38.1 Å². The summed E-state index contributed by atoms with van der Waals surface area (Å²) in [6.45, 7) is 6.80. The maximum absolute atomic E-state index is 10.3. The Morgan fingerprint density at radius 1 is 1.28 bits per heavy atom. The summed E-state index contributed by atoms with van der Waals surface area (Å²) in [5.74, 6) is 1.38. The fourth-order valence-electron chi connectivity index (χ4n) is 2.22. The Balaban J connectivity index is 2.19. The molecule has 3 heteroatoms. The van der Waals surface area contributed by atoms with Crippen molar-refractivity contribution in [3.63, 3.8) is 0 Å². The molecule has 2 aromatic rings. The van der Waals surface area contributed by atoms with Gasteiger partial charge in [0.15, 0.2) is 0 Å². The number of aliphatic hydroxyl groups is 1. The molecule has 0 aliphatic carbocycles. The number of hydrogen-bond acceptors (Lipinski definition) is 2. The second-order valence-electron chi connectivity index (χ2n) is 4.96. The Kier molecular flexibility index (Phi) is 3.82. The van der Waals surface area contributed by atoms with Crippen LogP contribution in [0.5, 0.6) is 0 Å². The predicted molar refractivity (Wildman–Crippen MR) is 72.5 cm³/mol. The Bertz CT molecular complexity index is 517. The lowest BCUT2D eigenvalue weighted by atomic mass is 10.0. The monoisotopic (exact) mass is 244 g/mol. The second-order valence-corrected chi connectivity index (χ2v) is 4.96. The number of nitrogens with zero attached hydrogens (tertiary/aromatic N) is 2. The maximum atomic E-state index is 10.3. The van der Waals surface area contributed by atoms with Gasteiger partial charge in [-0.3, -0.25) is 0 Å². The van der Waals surface area contributed by atoms with Crippen LogP contribution >= 0.6 is 0 Å². The molecule has 96 valence electrons. The number of hydrogen-bond donors (Lipinski definition) is 1. The molecule has 0 radical (unpaired) electrons. The van der Waals surface area contributed by atoms with Crippen LogP contribution in [0.4, 0.5) is 0 Å². The second kappa shape index (κ2) is 5.36. The van der Waals surface area contributed by atoms with E-state index in [1.165, 1.54) is 0 Å². The summed E-state index contributed by atoms with van der Waals surface area (Å²) in [6, 6.07) is 7.95. The molecule has 0 spiro atoms. The lowest BCUT2D eigenvalue weighted by molar-refractivity contribution is 0.154. The Labute approximate surface area is 108 Å². The lowest BCUT2D eigenvalue weighted by Crippen LogP contribution is -2.12. The van der Waals surface area contributed by atoms with Gasteiger partial charge in [0, 0.05) is 18.3 Å². The Hall–Kier alpha value is -1.61. The molecule has 1 heterocycles. The van der Waals surface area contributed by atoms with Crippen LogP contribution in [0, 0.1) is 6.92 Å². The molecule has 0 amide bonds. The van der Waals surface area contributed by atoms with Gasteiger partial charge in [0.25, 0.3) is 0 Å². The number of benzene rings is 1. The highest BCUT2D eigenvalue weighted by atomic mass is 16.3. The van der Waals surface area contributed by atoms with Crippen molar-refractivity contribution in [1.29, 1.82) is 0 Å². The van der Waals surface area contributed by atoms with Crippen molar-refractivity contribution < 1.29 is 5.11 Å². The van der Waals surface area contributed by atoms with E-state index in [1.54, 1.807) is 6.20 Å². The quantitative estimate of drug-likeness (QED) is 0.897. The van der Waals surface area contributed by atoms with Gasteiger partial charge >= 0.3 is 0 Å². The van der Waals surface area contributed by atoms with Crippen LogP contribution in [-0.4, -0.2) is 14.7 Å². The number of rotatable bonds is 4. The average Bonchev–Trinajstić information content (AvgIpc) is 2.77. The zero-order chi connectivity index (χ0) is 13.1. The third-order valence-corrected chi connectivity index (χ3v) is 3.18. The van der Waals surface area contributed by atoms with E-state index in [0.717, 1.165) is 17.0 Å². The molecule has 1 aromatic carbocycles. The normalized spacial score (nSPS) is 12.9. The highest BCUT2D eigenvalue weighted by Gasteiger charge is 2.14. The number of aromatic nitrogens is 2. The minimum Gasteiger partial charge on any atom is -0.387 e. The van der Waals surface area contributed by atoms with E-state index in [4.69, 9.17) is 0 Å². The summed E-state index contributed by atoms with van der Waals surface area (Å²) >= 11 is 0. The predicted octanol–water partition coefficient (Wildman–Crippen LogP) is 3.05. The van der Waals surface area contributed by atoms with Crippen LogP contribution in [-0.2, 0) is 6.54 Å². The van der Waals surface area contributed by atoms with Crippen LogP contribution in [0.15, 0.2) is 36.7 Å². The van der Waals surface area contributed by atoms with Gasteiger partial charge in [-0.15, -0.1) is 0 Å². The highest BCUT2D eigenvalue weighted by Crippen LogP contribution is 2.21. The molecule has 0 bridgehead atoms. The molecule has 2 rings (SSSR count). The molecule has 1 aromatic heterocycles. The van der Waals surface area contributed by atoms with Crippen molar-refractivity contribution in [2.24, 2.45) is 0 Å². The number of aliphatic hydroxyl groups excluding tert-OH is 1. The van der Waals surface area contributed by atoms with Gasteiger partial charge in [-0.05, 0) is 18.1 Å².